The number of carbonyl (C=O) groups excluding carboxylic acids is 1. The third kappa shape index (κ3) is 3.59. The van der Waals surface area contributed by atoms with Crippen molar-refractivity contribution < 1.29 is 9.53 Å². The molecule has 0 spiro atoms. The summed E-state index contributed by atoms with van der Waals surface area (Å²) in [6.07, 6.45) is 7.42. The number of hydrogen-bond acceptors (Lipinski definition) is 3. The van der Waals surface area contributed by atoms with Crippen LogP contribution >= 0.6 is 0 Å². The number of ether oxygens (including phenoxy) is 1. The van der Waals surface area contributed by atoms with E-state index < -0.39 is 6.09 Å². The molecule has 0 atom stereocenters. The lowest BCUT2D eigenvalue weighted by atomic mass is 10.1. The van der Waals surface area contributed by atoms with Crippen LogP contribution in [0, 0.1) is 0 Å². The first-order valence-corrected chi connectivity index (χ1v) is 8.21. The second-order valence-electron chi connectivity index (χ2n) is 6.01. The van der Waals surface area contributed by atoms with Gasteiger partial charge in [-0.05, 0) is 43.4 Å². The summed E-state index contributed by atoms with van der Waals surface area (Å²) in [5.41, 5.74) is 3.01. The van der Waals surface area contributed by atoms with Crippen molar-refractivity contribution in [1.29, 1.82) is 0 Å². The average Bonchev–Trinajstić information content (AvgIpc) is 3.13. The van der Waals surface area contributed by atoms with Crippen molar-refractivity contribution in [3.05, 3.63) is 23.8 Å². The number of unbranched alkanes of at least 4 members (excludes halogenated alkanes) is 1. The van der Waals surface area contributed by atoms with Gasteiger partial charge < -0.3 is 15.0 Å². The van der Waals surface area contributed by atoms with E-state index in [1.165, 1.54) is 31.2 Å². The Labute approximate surface area is 130 Å². The predicted molar refractivity (Wildman–Crippen MR) is 86.1 cm³/mol. The van der Waals surface area contributed by atoms with Crippen molar-refractivity contribution in [1.82, 2.24) is 15.3 Å². The van der Waals surface area contributed by atoms with Crippen LogP contribution < -0.4 is 10.1 Å². The van der Waals surface area contributed by atoms with E-state index in [0.29, 0.717) is 0 Å². The molecular weight excluding hydrogens is 278 g/mol. The summed E-state index contributed by atoms with van der Waals surface area (Å²) in [4.78, 5) is 19.2. The van der Waals surface area contributed by atoms with Gasteiger partial charge in [-0.3, -0.25) is 0 Å². The smallest absolute Gasteiger partial charge is 0.375 e. The van der Waals surface area contributed by atoms with Gasteiger partial charge in [0.1, 0.15) is 0 Å². The molecule has 1 heterocycles. The first-order valence-electron chi connectivity index (χ1n) is 8.21. The van der Waals surface area contributed by atoms with Crippen molar-refractivity contribution in [2.45, 2.75) is 57.9 Å². The molecule has 1 fully saturated rings. The highest BCUT2D eigenvalue weighted by molar-refractivity contribution is 5.78. The van der Waals surface area contributed by atoms with Crippen molar-refractivity contribution in [3.8, 4) is 6.01 Å². The minimum atomic E-state index is -0.419. The van der Waals surface area contributed by atoms with Crippen LogP contribution in [0.4, 0.5) is 4.79 Å². The molecule has 0 saturated heterocycles. The Kier molecular flexibility index (Phi) is 4.61. The third-order valence-electron chi connectivity index (χ3n) is 4.21. The number of hydrogen-bond donors (Lipinski definition) is 2. The highest BCUT2D eigenvalue weighted by Crippen LogP contribution is 2.20. The number of nitrogens with zero attached hydrogens (tertiary/aromatic N) is 1. The van der Waals surface area contributed by atoms with E-state index in [4.69, 9.17) is 4.74 Å². The topological polar surface area (TPSA) is 67.0 Å². The highest BCUT2D eigenvalue weighted by atomic mass is 16.6. The lowest BCUT2D eigenvalue weighted by molar-refractivity contribution is 0.192. The van der Waals surface area contributed by atoms with Crippen LogP contribution in [0.3, 0.4) is 0 Å². The fourth-order valence-corrected chi connectivity index (χ4v) is 2.97. The molecule has 22 heavy (non-hydrogen) atoms. The Morgan fingerprint density at radius 3 is 3.00 bits per heavy atom. The summed E-state index contributed by atoms with van der Waals surface area (Å²) >= 11 is 0. The second-order valence-corrected chi connectivity index (χ2v) is 6.01. The Balaban J connectivity index is 1.64. The van der Waals surface area contributed by atoms with Crippen LogP contribution in [0.5, 0.6) is 6.01 Å². The van der Waals surface area contributed by atoms with Crippen molar-refractivity contribution in [3.63, 3.8) is 0 Å². The Hall–Kier alpha value is -2.04. The summed E-state index contributed by atoms with van der Waals surface area (Å²) in [6.45, 7) is 2.18. The van der Waals surface area contributed by atoms with E-state index in [1.54, 1.807) is 0 Å². The number of aromatic amines is 1. The van der Waals surface area contributed by atoms with Gasteiger partial charge in [-0.1, -0.05) is 32.3 Å². The molecule has 5 heteroatoms. The fraction of sp³-hybridized carbons (Fsp3) is 0.529. The van der Waals surface area contributed by atoms with Crippen molar-refractivity contribution >= 4 is 17.1 Å². The van der Waals surface area contributed by atoms with Gasteiger partial charge in [-0.25, -0.2) is 4.79 Å². The number of aromatic nitrogens is 2. The molecule has 118 valence electrons. The Bertz CT molecular complexity index is 644. The zero-order chi connectivity index (χ0) is 15.4. The van der Waals surface area contributed by atoms with Gasteiger partial charge in [-0.2, -0.15) is 4.98 Å². The molecule has 1 aromatic heterocycles. The molecule has 5 nitrogen and oxygen atoms in total. The molecule has 1 amide bonds. The second kappa shape index (κ2) is 6.81. The molecule has 1 aliphatic carbocycles. The van der Waals surface area contributed by atoms with E-state index >= 15 is 0 Å². The molecule has 1 saturated carbocycles. The van der Waals surface area contributed by atoms with E-state index in [2.05, 4.69) is 34.3 Å². The van der Waals surface area contributed by atoms with Crippen molar-refractivity contribution in [2.75, 3.05) is 0 Å². The largest absolute Gasteiger partial charge is 0.415 e. The standard InChI is InChI=1S/C17H23N3O2/c1-2-3-6-12-9-10-14-15(11-12)20-16(19-14)22-17(21)18-13-7-4-5-8-13/h9-11,13H,2-8H2,1H3,(H,18,21)(H,19,20). The quantitative estimate of drug-likeness (QED) is 0.879. The number of fused-ring (bicyclic) bond motifs is 1. The average molecular weight is 301 g/mol. The minimum absolute atomic E-state index is 0.248. The predicted octanol–water partition coefficient (Wildman–Crippen LogP) is 3.94. The van der Waals surface area contributed by atoms with Crippen molar-refractivity contribution in [2.24, 2.45) is 0 Å². The molecule has 2 N–H and O–H groups in total. The maximum atomic E-state index is 11.9. The number of carbonyl (C=O) groups is 1. The van der Waals surface area contributed by atoms with Gasteiger partial charge in [-0.15, -0.1) is 0 Å². The zero-order valence-corrected chi connectivity index (χ0v) is 13.0. The minimum Gasteiger partial charge on any atom is -0.375 e. The van der Waals surface area contributed by atoms with Gasteiger partial charge in [0.05, 0.1) is 11.0 Å². The number of amides is 1. The number of imidazole rings is 1. The summed E-state index contributed by atoms with van der Waals surface area (Å²) in [6, 6.07) is 6.65. The van der Waals surface area contributed by atoms with E-state index in [0.717, 1.165) is 30.3 Å². The number of H-pyrrole nitrogens is 1. The molecule has 0 radical (unpaired) electrons. The number of rotatable bonds is 5. The van der Waals surface area contributed by atoms with E-state index in [-0.39, 0.29) is 12.1 Å². The maximum Gasteiger partial charge on any atom is 0.415 e. The fourth-order valence-electron chi connectivity index (χ4n) is 2.97. The lowest BCUT2D eigenvalue weighted by Crippen LogP contribution is -2.35. The maximum absolute atomic E-state index is 11.9. The molecule has 1 aromatic carbocycles. The van der Waals surface area contributed by atoms with Gasteiger partial charge >= 0.3 is 12.1 Å². The van der Waals surface area contributed by atoms with Crippen LogP contribution in [0.25, 0.3) is 11.0 Å². The molecule has 0 unspecified atom stereocenters. The lowest BCUT2D eigenvalue weighted by Gasteiger charge is -2.10. The summed E-state index contributed by atoms with van der Waals surface area (Å²) in [5, 5.41) is 2.89. The normalized spacial score (nSPS) is 15.3. The number of benzene rings is 1. The first-order chi connectivity index (χ1) is 10.7. The van der Waals surface area contributed by atoms with Gasteiger partial charge in [0.15, 0.2) is 0 Å². The third-order valence-corrected chi connectivity index (χ3v) is 4.21. The number of nitrogens with one attached hydrogen (secondary N) is 2. The Morgan fingerprint density at radius 1 is 1.41 bits per heavy atom. The van der Waals surface area contributed by atoms with Crippen LogP contribution in [-0.4, -0.2) is 22.1 Å². The van der Waals surface area contributed by atoms with E-state index in [1.807, 2.05) is 6.07 Å². The SMILES string of the molecule is CCCCc1ccc2nc(OC(=O)NC3CCCC3)[nH]c2c1. The first kappa shape index (κ1) is 14.9. The molecule has 0 bridgehead atoms. The van der Waals surface area contributed by atoms with E-state index in [9.17, 15) is 4.79 Å². The molecule has 2 aromatic rings. The van der Waals surface area contributed by atoms with Crippen LogP contribution in [-0.2, 0) is 6.42 Å². The summed E-state index contributed by atoms with van der Waals surface area (Å²) in [5.74, 6) is 0. The van der Waals surface area contributed by atoms with Crippen LogP contribution in [0.15, 0.2) is 18.2 Å². The van der Waals surface area contributed by atoms with Gasteiger partial charge in [0.25, 0.3) is 0 Å². The highest BCUT2D eigenvalue weighted by Gasteiger charge is 2.18. The number of aryl methyl sites for hydroxylation is 1. The Morgan fingerprint density at radius 2 is 2.23 bits per heavy atom. The van der Waals surface area contributed by atoms with Gasteiger partial charge in [0.2, 0.25) is 0 Å². The summed E-state index contributed by atoms with van der Waals surface area (Å²) in [7, 11) is 0. The van der Waals surface area contributed by atoms with Crippen LogP contribution in [0.1, 0.15) is 51.0 Å². The molecule has 3 rings (SSSR count). The molecular formula is C17H23N3O2. The molecule has 0 aliphatic heterocycles. The zero-order valence-electron chi connectivity index (χ0n) is 13.0. The van der Waals surface area contributed by atoms with Gasteiger partial charge in [0, 0.05) is 6.04 Å². The molecule has 1 aliphatic rings. The summed E-state index contributed by atoms with van der Waals surface area (Å²) < 4.78 is 5.27. The van der Waals surface area contributed by atoms with Crippen LogP contribution in [0.2, 0.25) is 0 Å². The monoisotopic (exact) mass is 301 g/mol.